The largest absolute Gasteiger partial charge is 0.501 e. The van der Waals surface area contributed by atoms with E-state index >= 15 is 0 Å². The summed E-state index contributed by atoms with van der Waals surface area (Å²) in [6.45, 7) is 2.77. The van der Waals surface area contributed by atoms with Crippen molar-refractivity contribution in [2.45, 2.75) is 38.5 Å². The maximum Gasteiger partial charge on any atom is 0.0876 e. The van der Waals surface area contributed by atoms with E-state index in [-0.39, 0.29) is 0 Å². The summed E-state index contributed by atoms with van der Waals surface area (Å²) in [4.78, 5) is 0. The second-order valence-electron chi connectivity index (χ2n) is 4.37. The topological polar surface area (TPSA) is 18.5 Å². The molecule has 1 heterocycles. The van der Waals surface area contributed by atoms with Crippen molar-refractivity contribution in [2.75, 3.05) is 19.8 Å². The Labute approximate surface area is 86.3 Å². The molecule has 1 aliphatic heterocycles. The summed E-state index contributed by atoms with van der Waals surface area (Å²) in [5, 5.41) is 0. The van der Waals surface area contributed by atoms with Gasteiger partial charge in [0.05, 0.1) is 12.9 Å². The van der Waals surface area contributed by atoms with Crippen LogP contribution in [0.4, 0.5) is 0 Å². The van der Waals surface area contributed by atoms with Crippen molar-refractivity contribution >= 4 is 0 Å². The highest BCUT2D eigenvalue weighted by atomic mass is 16.5. The van der Waals surface area contributed by atoms with E-state index in [4.69, 9.17) is 9.47 Å². The third-order valence-electron chi connectivity index (χ3n) is 3.16. The van der Waals surface area contributed by atoms with E-state index in [9.17, 15) is 0 Å². The first-order valence-electron chi connectivity index (χ1n) is 5.82. The maximum absolute atomic E-state index is 5.56. The Bertz CT molecular complexity index is 184. The molecular formula is C12H20O2. The minimum Gasteiger partial charge on any atom is -0.501 e. The molecule has 0 radical (unpaired) electrons. The summed E-state index contributed by atoms with van der Waals surface area (Å²) < 4.78 is 10.9. The molecule has 1 atom stereocenters. The van der Waals surface area contributed by atoms with Crippen LogP contribution in [0.3, 0.4) is 0 Å². The molecule has 0 N–H and O–H groups in total. The zero-order chi connectivity index (χ0) is 9.64. The second-order valence-corrected chi connectivity index (χ2v) is 4.37. The highest BCUT2D eigenvalue weighted by Gasteiger charge is 2.14. The summed E-state index contributed by atoms with van der Waals surface area (Å²) in [6, 6.07) is 0. The van der Waals surface area contributed by atoms with Crippen molar-refractivity contribution in [1.29, 1.82) is 0 Å². The van der Waals surface area contributed by atoms with Gasteiger partial charge in [-0.2, -0.15) is 0 Å². The quantitative estimate of drug-likeness (QED) is 0.508. The van der Waals surface area contributed by atoms with Crippen molar-refractivity contribution in [2.24, 2.45) is 5.92 Å². The predicted molar refractivity (Wildman–Crippen MR) is 56.0 cm³/mol. The van der Waals surface area contributed by atoms with Gasteiger partial charge < -0.3 is 9.47 Å². The third-order valence-corrected chi connectivity index (χ3v) is 3.16. The summed E-state index contributed by atoms with van der Waals surface area (Å²) in [5.41, 5.74) is 1.51. The van der Waals surface area contributed by atoms with E-state index in [0.29, 0.717) is 0 Å². The van der Waals surface area contributed by atoms with E-state index in [2.05, 4.69) is 0 Å². The third kappa shape index (κ3) is 3.02. The molecule has 2 nitrogen and oxygen atoms in total. The molecule has 0 aromatic heterocycles. The number of ether oxygens (including phenoxy) is 2. The van der Waals surface area contributed by atoms with Crippen molar-refractivity contribution in [1.82, 2.24) is 0 Å². The first kappa shape index (κ1) is 10.0. The van der Waals surface area contributed by atoms with Gasteiger partial charge in [0.25, 0.3) is 0 Å². The Balaban J connectivity index is 1.55. The summed E-state index contributed by atoms with van der Waals surface area (Å²) in [6.07, 6.45) is 9.60. The molecule has 1 aliphatic carbocycles. The van der Waals surface area contributed by atoms with E-state index in [1.165, 1.54) is 37.7 Å². The molecule has 2 fully saturated rings. The predicted octanol–water partition coefficient (Wildman–Crippen LogP) is 2.89. The number of hydrogen-bond donors (Lipinski definition) is 0. The Kier molecular flexibility index (Phi) is 3.87. The smallest absolute Gasteiger partial charge is 0.0876 e. The Morgan fingerprint density at radius 3 is 2.93 bits per heavy atom. The van der Waals surface area contributed by atoms with Crippen molar-refractivity contribution in [3.8, 4) is 0 Å². The van der Waals surface area contributed by atoms with E-state index in [1.807, 2.05) is 6.26 Å². The summed E-state index contributed by atoms with van der Waals surface area (Å²) in [5.74, 6) is 0.747. The van der Waals surface area contributed by atoms with Crippen molar-refractivity contribution in [3.05, 3.63) is 11.8 Å². The van der Waals surface area contributed by atoms with Gasteiger partial charge in [-0.3, -0.25) is 0 Å². The van der Waals surface area contributed by atoms with Crippen LogP contribution < -0.4 is 0 Å². The van der Waals surface area contributed by atoms with Crippen LogP contribution in [0.5, 0.6) is 0 Å². The van der Waals surface area contributed by atoms with Gasteiger partial charge in [-0.15, -0.1) is 0 Å². The van der Waals surface area contributed by atoms with Gasteiger partial charge in [0.15, 0.2) is 0 Å². The Hall–Kier alpha value is -0.500. The molecule has 0 aromatic rings. The SMILES string of the molecule is C(OCCC1CCOC1)=C1CCCC1. The molecule has 1 saturated carbocycles. The van der Waals surface area contributed by atoms with E-state index in [1.54, 1.807) is 0 Å². The zero-order valence-electron chi connectivity index (χ0n) is 8.84. The van der Waals surface area contributed by atoms with Crippen LogP contribution >= 0.6 is 0 Å². The van der Waals surface area contributed by atoms with Gasteiger partial charge in [0.1, 0.15) is 0 Å². The number of hydrogen-bond acceptors (Lipinski definition) is 2. The lowest BCUT2D eigenvalue weighted by atomic mass is 10.1. The van der Waals surface area contributed by atoms with E-state index < -0.39 is 0 Å². The number of rotatable bonds is 4. The molecule has 80 valence electrons. The van der Waals surface area contributed by atoms with Crippen molar-refractivity contribution < 1.29 is 9.47 Å². The fraction of sp³-hybridized carbons (Fsp3) is 0.833. The van der Waals surface area contributed by atoms with Gasteiger partial charge in [-0.25, -0.2) is 0 Å². The van der Waals surface area contributed by atoms with Crippen LogP contribution in [0, 0.1) is 5.92 Å². The zero-order valence-corrected chi connectivity index (χ0v) is 8.84. The monoisotopic (exact) mass is 196 g/mol. The average Bonchev–Trinajstić information content (AvgIpc) is 2.86. The van der Waals surface area contributed by atoms with Crippen LogP contribution in [-0.2, 0) is 9.47 Å². The molecule has 0 aromatic carbocycles. The molecule has 14 heavy (non-hydrogen) atoms. The molecule has 0 bridgehead atoms. The van der Waals surface area contributed by atoms with E-state index in [0.717, 1.165) is 32.2 Å². The van der Waals surface area contributed by atoms with Crippen LogP contribution in [0.15, 0.2) is 11.8 Å². The van der Waals surface area contributed by atoms with Gasteiger partial charge in [0.2, 0.25) is 0 Å². The number of allylic oxidation sites excluding steroid dienone is 1. The van der Waals surface area contributed by atoms with Crippen LogP contribution in [0.1, 0.15) is 38.5 Å². The van der Waals surface area contributed by atoms with Gasteiger partial charge in [0, 0.05) is 13.2 Å². The van der Waals surface area contributed by atoms with Gasteiger partial charge in [-0.1, -0.05) is 0 Å². The van der Waals surface area contributed by atoms with Crippen molar-refractivity contribution in [3.63, 3.8) is 0 Å². The Morgan fingerprint density at radius 1 is 1.36 bits per heavy atom. The molecule has 2 heteroatoms. The van der Waals surface area contributed by atoms with Gasteiger partial charge in [-0.05, 0) is 50.0 Å². The molecule has 1 saturated heterocycles. The molecule has 0 amide bonds. The van der Waals surface area contributed by atoms with Gasteiger partial charge >= 0.3 is 0 Å². The minimum absolute atomic E-state index is 0.747. The minimum atomic E-state index is 0.747. The molecular weight excluding hydrogens is 176 g/mol. The fourth-order valence-corrected chi connectivity index (χ4v) is 2.17. The fourth-order valence-electron chi connectivity index (χ4n) is 2.17. The first-order valence-corrected chi connectivity index (χ1v) is 5.82. The lowest BCUT2D eigenvalue weighted by Crippen LogP contribution is -2.02. The van der Waals surface area contributed by atoms with Crippen LogP contribution in [-0.4, -0.2) is 19.8 Å². The highest BCUT2D eigenvalue weighted by molar-refractivity contribution is 5.02. The summed E-state index contributed by atoms with van der Waals surface area (Å²) >= 11 is 0. The highest BCUT2D eigenvalue weighted by Crippen LogP contribution is 2.23. The second kappa shape index (κ2) is 5.40. The van der Waals surface area contributed by atoms with Crippen LogP contribution in [0.25, 0.3) is 0 Å². The first-order chi connectivity index (χ1) is 6.95. The normalized spacial score (nSPS) is 26.9. The Morgan fingerprint density at radius 2 is 2.21 bits per heavy atom. The maximum atomic E-state index is 5.56. The molecule has 2 aliphatic rings. The molecule has 2 rings (SSSR count). The average molecular weight is 196 g/mol. The standard InChI is InChI=1S/C12H20O2/c1-2-4-11(3-1)9-13-7-5-12-6-8-14-10-12/h9,12H,1-8,10H2. The summed E-state index contributed by atoms with van der Waals surface area (Å²) in [7, 11) is 0. The van der Waals surface area contributed by atoms with Crippen LogP contribution in [0.2, 0.25) is 0 Å². The lowest BCUT2D eigenvalue weighted by Gasteiger charge is -2.06. The lowest BCUT2D eigenvalue weighted by molar-refractivity contribution is 0.170. The molecule has 1 unspecified atom stereocenters. The molecule has 0 spiro atoms.